The maximum absolute atomic E-state index is 5.68. The molecule has 1 unspecified atom stereocenters. The summed E-state index contributed by atoms with van der Waals surface area (Å²) < 4.78 is 16.7. The third kappa shape index (κ3) is 6.66. The molecule has 0 amide bonds. The number of nitrogens with one attached hydrogen (secondary N) is 1. The van der Waals surface area contributed by atoms with Gasteiger partial charge in [0, 0.05) is 45.8 Å². The molecule has 0 saturated carbocycles. The highest BCUT2D eigenvalue weighted by Gasteiger charge is 2.16. The van der Waals surface area contributed by atoms with Crippen LogP contribution in [0, 0.1) is 0 Å². The molecule has 1 rings (SSSR count). The van der Waals surface area contributed by atoms with Crippen molar-refractivity contribution in [2.45, 2.75) is 32.7 Å². The first-order chi connectivity index (χ1) is 8.76. The lowest BCUT2D eigenvalue weighted by molar-refractivity contribution is -0.141. The van der Waals surface area contributed by atoms with Crippen LogP contribution in [0.3, 0.4) is 0 Å². The molecular formula is C13H28N2O3. The van der Waals surface area contributed by atoms with Crippen LogP contribution in [-0.2, 0) is 14.2 Å². The van der Waals surface area contributed by atoms with E-state index in [-0.39, 0.29) is 6.29 Å². The van der Waals surface area contributed by atoms with Crippen LogP contribution in [0.15, 0.2) is 0 Å². The van der Waals surface area contributed by atoms with E-state index in [1.54, 1.807) is 0 Å². The third-order valence-corrected chi connectivity index (χ3v) is 2.97. The van der Waals surface area contributed by atoms with E-state index in [4.69, 9.17) is 14.2 Å². The molecule has 5 heteroatoms. The zero-order chi connectivity index (χ0) is 13.2. The normalized spacial score (nSPS) is 20.8. The van der Waals surface area contributed by atoms with E-state index in [9.17, 15) is 0 Å². The maximum Gasteiger partial charge on any atom is 0.158 e. The molecule has 1 aliphatic heterocycles. The molecule has 1 N–H and O–H groups in total. The van der Waals surface area contributed by atoms with Crippen molar-refractivity contribution in [3.05, 3.63) is 0 Å². The number of hydrogen-bond donors (Lipinski definition) is 1. The Bertz CT molecular complexity index is 193. The van der Waals surface area contributed by atoms with Crippen LogP contribution in [0.4, 0.5) is 0 Å². The second-order valence-corrected chi connectivity index (χ2v) is 4.59. The van der Waals surface area contributed by atoms with E-state index >= 15 is 0 Å². The molecule has 0 aromatic carbocycles. The van der Waals surface area contributed by atoms with Crippen molar-refractivity contribution >= 4 is 0 Å². The fourth-order valence-corrected chi connectivity index (χ4v) is 2.09. The van der Waals surface area contributed by atoms with Gasteiger partial charge in [-0.25, -0.2) is 0 Å². The fourth-order valence-electron chi connectivity index (χ4n) is 2.09. The monoisotopic (exact) mass is 260 g/mol. The Balaban J connectivity index is 2.15. The highest BCUT2D eigenvalue weighted by atomic mass is 16.7. The van der Waals surface area contributed by atoms with E-state index in [1.165, 1.54) is 0 Å². The fraction of sp³-hybridized carbons (Fsp3) is 1.00. The Labute approximate surface area is 111 Å². The molecule has 18 heavy (non-hydrogen) atoms. The quantitative estimate of drug-likeness (QED) is 0.618. The minimum absolute atomic E-state index is 0.0761. The van der Waals surface area contributed by atoms with Gasteiger partial charge < -0.3 is 24.4 Å². The van der Waals surface area contributed by atoms with Crippen molar-refractivity contribution in [3.8, 4) is 0 Å². The lowest BCUT2D eigenvalue weighted by Gasteiger charge is -2.28. The average Bonchev–Trinajstić information content (AvgIpc) is 2.38. The first kappa shape index (κ1) is 15.9. The second-order valence-electron chi connectivity index (χ2n) is 4.59. The van der Waals surface area contributed by atoms with Gasteiger partial charge in [-0.1, -0.05) is 0 Å². The SMILES string of the molecule is CCOC(CCN(C)CC1CNCCO1)OCC. The van der Waals surface area contributed by atoms with Crippen molar-refractivity contribution in [1.82, 2.24) is 10.2 Å². The molecule has 0 aromatic heterocycles. The molecular weight excluding hydrogens is 232 g/mol. The Morgan fingerprint density at radius 2 is 2.06 bits per heavy atom. The summed E-state index contributed by atoms with van der Waals surface area (Å²) in [6.45, 7) is 10.0. The molecule has 5 nitrogen and oxygen atoms in total. The molecule has 0 bridgehead atoms. The van der Waals surface area contributed by atoms with Crippen LogP contribution in [0.25, 0.3) is 0 Å². The van der Waals surface area contributed by atoms with Crippen molar-refractivity contribution in [2.75, 3.05) is 53.0 Å². The molecule has 0 spiro atoms. The lowest BCUT2D eigenvalue weighted by Crippen LogP contribution is -2.44. The summed E-state index contributed by atoms with van der Waals surface area (Å²) in [4.78, 5) is 2.28. The van der Waals surface area contributed by atoms with Crippen LogP contribution in [0.2, 0.25) is 0 Å². The largest absolute Gasteiger partial charge is 0.374 e. The summed E-state index contributed by atoms with van der Waals surface area (Å²) in [7, 11) is 2.12. The van der Waals surface area contributed by atoms with Crippen molar-refractivity contribution in [3.63, 3.8) is 0 Å². The highest BCUT2D eigenvalue weighted by Crippen LogP contribution is 2.04. The van der Waals surface area contributed by atoms with Crippen LogP contribution in [0.1, 0.15) is 20.3 Å². The Morgan fingerprint density at radius 1 is 1.33 bits per heavy atom. The summed E-state index contributed by atoms with van der Waals surface area (Å²) in [6, 6.07) is 0. The summed E-state index contributed by atoms with van der Waals surface area (Å²) in [5, 5.41) is 3.34. The third-order valence-electron chi connectivity index (χ3n) is 2.97. The highest BCUT2D eigenvalue weighted by molar-refractivity contribution is 4.70. The molecule has 1 fully saturated rings. The summed E-state index contributed by atoms with van der Waals surface area (Å²) in [5.74, 6) is 0. The average molecular weight is 260 g/mol. The number of nitrogens with zero attached hydrogens (tertiary/aromatic N) is 1. The molecule has 1 saturated heterocycles. The summed E-state index contributed by atoms with van der Waals surface area (Å²) >= 11 is 0. The minimum Gasteiger partial charge on any atom is -0.374 e. The maximum atomic E-state index is 5.68. The zero-order valence-electron chi connectivity index (χ0n) is 12.0. The molecule has 1 aliphatic rings. The van der Waals surface area contributed by atoms with Gasteiger partial charge in [-0.05, 0) is 20.9 Å². The summed E-state index contributed by atoms with van der Waals surface area (Å²) in [6.07, 6.45) is 1.13. The molecule has 0 radical (unpaired) electrons. The van der Waals surface area contributed by atoms with E-state index in [2.05, 4.69) is 17.3 Å². The molecule has 108 valence electrons. The van der Waals surface area contributed by atoms with E-state index in [0.29, 0.717) is 19.3 Å². The minimum atomic E-state index is -0.0761. The van der Waals surface area contributed by atoms with Crippen LogP contribution < -0.4 is 5.32 Å². The van der Waals surface area contributed by atoms with Gasteiger partial charge in [0.2, 0.25) is 0 Å². The lowest BCUT2D eigenvalue weighted by atomic mass is 10.2. The number of morpholine rings is 1. The van der Waals surface area contributed by atoms with Gasteiger partial charge >= 0.3 is 0 Å². The first-order valence-corrected chi connectivity index (χ1v) is 7.00. The van der Waals surface area contributed by atoms with Gasteiger partial charge in [-0.3, -0.25) is 0 Å². The number of hydrogen-bond acceptors (Lipinski definition) is 5. The van der Waals surface area contributed by atoms with Crippen LogP contribution >= 0.6 is 0 Å². The second kappa shape index (κ2) is 9.69. The van der Waals surface area contributed by atoms with E-state index in [1.807, 2.05) is 13.8 Å². The van der Waals surface area contributed by atoms with Gasteiger partial charge in [0.15, 0.2) is 6.29 Å². The van der Waals surface area contributed by atoms with E-state index in [0.717, 1.165) is 39.2 Å². The molecule has 1 atom stereocenters. The summed E-state index contributed by atoms with van der Waals surface area (Å²) in [5.41, 5.74) is 0. The predicted octanol–water partition coefficient (Wildman–Crippen LogP) is 0.696. The van der Waals surface area contributed by atoms with Gasteiger partial charge in [0.05, 0.1) is 12.7 Å². The topological polar surface area (TPSA) is 43.0 Å². The van der Waals surface area contributed by atoms with Crippen LogP contribution in [0.5, 0.6) is 0 Å². The van der Waals surface area contributed by atoms with E-state index < -0.39 is 0 Å². The first-order valence-electron chi connectivity index (χ1n) is 7.00. The van der Waals surface area contributed by atoms with Gasteiger partial charge in [-0.2, -0.15) is 0 Å². The zero-order valence-corrected chi connectivity index (χ0v) is 12.0. The van der Waals surface area contributed by atoms with Crippen molar-refractivity contribution in [2.24, 2.45) is 0 Å². The molecule has 0 aromatic rings. The number of likely N-dealkylation sites (N-methyl/N-ethyl adjacent to an activating group) is 1. The van der Waals surface area contributed by atoms with Gasteiger partial charge in [0.25, 0.3) is 0 Å². The smallest absolute Gasteiger partial charge is 0.158 e. The van der Waals surface area contributed by atoms with Gasteiger partial charge in [0.1, 0.15) is 0 Å². The predicted molar refractivity (Wildman–Crippen MR) is 71.8 cm³/mol. The van der Waals surface area contributed by atoms with Crippen molar-refractivity contribution in [1.29, 1.82) is 0 Å². The van der Waals surface area contributed by atoms with Gasteiger partial charge in [-0.15, -0.1) is 0 Å². The number of ether oxygens (including phenoxy) is 3. The van der Waals surface area contributed by atoms with Crippen molar-refractivity contribution < 1.29 is 14.2 Å². The Morgan fingerprint density at radius 3 is 2.61 bits per heavy atom. The standard InChI is InChI=1S/C13H28N2O3/c1-4-16-13(17-5-2)6-8-15(3)11-12-10-14-7-9-18-12/h12-14H,4-11H2,1-3H3. The Hall–Kier alpha value is -0.200. The number of rotatable bonds is 9. The van der Waals surface area contributed by atoms with Crippen LogP contribution in [-0.4, -0.2) is 70.3 Å². The Kier molecular flexibility index (Phi) is 8.54. The molecule has 0 aliphatic carbocycles. The molecule has 1 heterocycles.